The molecule has 5 heteroatoms. The van der Waals surface area contributed by atoms with Crippen molar-refractivity contribution in [2.24, 2.45) is 17.8 Å². The zero-order valence-electron chi connectivity index (χ0n) is 18.7. The summed E-state index contributed by atoms with van der Waals surface area (Å²) in [4.78, 5) is 9.05. The van der Waals surface area contributed by atoms with Crippen LogP contribution >= 0.6 is 11.6 Å². The molecule has 0 amide bonds. The molecule has 5 unspecified atom stereocenters. The molecule has 3 rings (SSSR count). The number of aromatic nitrogens is 2. The van der Waals surface area contributed by atoms with Gasteiger partial charge in [0.1, 0.15) is 11.3 Å². The summed E-state index contributed by atoms with van der Waals surface area (Å²) in [7, 11) is 0. The van der Waals surface area contributed by atoms with Crippen LogP contribution in [0.15, 0.2) is 10.5 Å². The van der Waals surface area contributed by atoms with Gasteiger partial charge in [0.05, 0.1) is 5.69 Å². The maximum absolute atomic E-state index is 6.41. The van der Waals surface area contributed by atoms with Crippen LogP contribution in [0.5, 0.6) is 0 Å². The Hall–Kier alpha value is -1.13. The van der Waals surface area contributed by atoms with Crippen LogP contribution in [0.4, 0.5) is 0 Å². The lowest BCUT2D eigenvalue weighted by Gasteiger charge is -2.32. The number of rotatable bonds is 9. The molecule has 5 atom stereocenters. The van der Waals surface area contributed by atoms with Crippen LogP contribution in [-0.4, -0.2) is 23.2 Å². The third kappa shape index (κ3) is 5.32. The molecule has 2 aromatic rings. The van der Waals surface area contributed by atoms with Crippen LogP contribution in [-0.2, 0) is 4.74 Å². The molecule has 0 N–H and O–H groups in total. The van der Waals surface area contributed by atoms with Gasteiger partial charge in [-0.2, -0.15) is 0 Å². The predicted molar refractivity (Wildman–Crippen MR) is 120 cm³/mol. The molecule has 1 fully saturated rings. The van der Waals surface area contributed by atoms with Crippen molar-refractivity contribution in [3.8, 4) is 0 Å². The standard InChI is InChI=1S/C24H37ClN2O2/c1-6-11-28-12-10-15(3)17(5)22-23-20(26-24(25)27-22)14-21(29-23)19-9-8-18(7-2)16(4)13-19/h14-19H,6-13H2,1-5H3. The molecule has 0 aromatic carbocycles. The van der Waals surface area contributed by atoms with Crippen molar-refractivity contribution < 1.29 is 9.15 Å². The predicted octanol–water partition coefficient (Wildman–Crippen LogP) is 7.36. The van der Waals surface area contributed by atoms with Gasteiger partial charge in [-0.3, -0.25) is 0 Å². The normalized spacial score (nSPS) is 24.7. The number of furan rings is 1. The Balaban J connectivity index is 1.80. The Morgan fingerprint density at radius 3 is 2.69 bits per heavy atom. The van der Waals surface area contributed by atoms with E-state index in [2.05, 4.69) is 50.7 Å². The minimum atomic E-state index is 0.233. The van der Waals surface area contributed by atoms with Crippen molar-refractivity contribution in [2.75, 3.05) is 13.2 Å². The zero-order chi connectivity index (χ0) is 21.0. The molecular weight excluding hydrogens is 384 g/mol. The molecule has 29 heavy (non-hydrogen) atoms. The van der Waals surface area contributed by atoms with Gasteiger partial charge >= 0.3 is 0 Å². The van der Waals surface area contributed by atoms with E-state index in [1.807, 2.05) is 0 Å². The zero-order valence-corrected chi connectivity index (χ0v) is 19.5. The van der Waals surface area contributed by atoms with E-state index < -0.39 is 0 Å². The van der Waals surface area contributed by atoms with E-state index >= 15 is 0 Å². The number of fused-ring (bicyclic) bond motifs is 1. The number of hydrogen-bond donors (Lipinski definition) is 0. The molecule has 0 saturated heterocycles. The molecule has 4 nitrogen and oxygen atoms in total. The second-order valence-electron chi connectivity index (χ2n) is 9.06. The lowest BCUT2D eigenvalue weighted by atomic mass is 9.73. The highest BCUT2D eigenvalue weighted by Crippen LogP contribution is 2.43. The summed E-state index contributed by atoms with van der Waals surface area (Å²) in [5.74, 6) is 3.78. The minimum Gasteiger partial charge on any atom is -0.457 e. The number of hydrogen-bond acceptors (Lipinski definition) is 4. The average molecular weight is 421 g/mol. The Morgan fingerprint density at radius 1 is 1.21 bits per heavy atom. The first-order valence-electron chi connectivity index (χ1n) is 11.5. The van der Waals surface area contributed by atoms with Crippen LogP contribution in [0.25, 0.3) is 11.1 Å². The van der Waals surface area contributed by atoms with Crippen molar-refractivity contribution >= 4 is 22.7 Å². The van der Waals surface area contributed by atoms with E-state index in [0.29, 0.717) is 17.1 Å². The summed E-state index contributed by atoms with van der Waals surface area (Å²) in [6.07, 6.45) is 6.99. The van der Waals surface area contributed by atoms with Crippen LogP contribution in [0.2, 0.25) is 5.28 Å². The van der Waals surface area contributed by atoms with E-state index in [4.69, 9.17) is 20.8 Å². The van der Waals surface area contributed by atoms with Gasteiger partial charge in [-0.1, -0.05) is 41.0 Å². The molecule has 0 spiro atoms. The van der Waals surface area contributed by atoms with E-state index in [1.165, 1.54) is 25.7 Å². The molecular formula is C24H37ClN2O2. The highest BCUT2D eigenvalue weighted by Gasteiger charge is 2.30. The fourth-order valence-electron chi connectivity index (χ4n) is 4.81. The largest absolute Gasteiger partial charge is 0.457 e. The van der Waals surface area contributed by atoms with Crippen LogP contribution in [0.1, 0.15) is 96.4 Å². The molecule has 0 bridgehead atoms. The maximum Gasteiger partial charge on any atom is 0.223 e. The lowest BCUT2D eigenvalue weighted by molar-refractivity contribution is 0.119. The minimum absolute atomic E-state index is 0.233. The highest BCUT2D eigenvalue weighted by molar-refractivity contribution is 6.28. The van der Waals surface area contributed by atoms with Gasteiger partial charge in [-0.15, -0.1) is 0 Å². The van der Waals surface area contributed by atoms with Crippen molar-refractivity contribution in [1.82, 2.24) is 9.97 Å². The van der Waals surface area contributed by atoms with Crippen LogP contribution in [0.3, 0.4) is 0 Å². The molecule has 0 radical (unpaired) electrons. The summed E-state index contributed by atoms with van der Waals surface area (Å²) < 4.78 is 12.1. The van der Waals surface area contributed by atoms with Gasteiger partial charge in [0.2, 0.25) is 5.28 Å². The molecule has 2 heterocycles. The molecule has 1 aliphatic rings. The third-order valence-electron chi connectivity index (χ3n) is 7.01. The van der Waals surface area contributed by atoms with E-state index in [-0.39, 0.29) is 5.92 Å². The molecule has 1 aliphatic carbocycles. The van der Waals surface area contributed by atoms with E-state index in [0.717, 1.165) is 60.4 Å². The Labute approximate surface area is 180 Å². The van der Waals surface area contributed by atoms with Gasteiger partial charge in [0.15, 0.2) is 5.58 Å². The second-order valence-corrected chi connectivity index (χ2v) is 9.40. The Morgan fingerprint density at radius 2 is 2.00 bits per heavy atom. The highest BCUT2D eigenvalue weighted by atomic mass is 35.5. The topological polar surface area (TPSA) is 48.2 Å². The molecule has 1 saturated carbocycles. The third-order valence-corrected chi connectivity index (χ3v) is 7.18. The second kappa shape index (κ2) is 10.3. The molecule has 2 aromatic heterocycles. The fraction of sp³-hybridized carbons (Fsp3) is 0.750. The number of nitrogens with zero attached hydrogens (tertiary/aromatic N) is 2. The Kier molecular flexibility index (Phi) is 7.98. The van der Waals surface area contributed by atoms with Crippen molar-refractivity contribution in [3.63, 3.8) is 0 Å². The Bertz CT molecular complexity index is 791. The first-order chi connectivity index (χ1) is 13.9. The van der Waals surface area contributed by atoms with Gasteiger partial charge < -0.3 is 9.15 Å². The quantitative estimate of drug-likeness (QED) is 0.314. The monoisotopic (exact) mass is 420 g/mol. The van der Waals surface area contributed by atoms with Crippen LogP contribution in [0, 0.1) is 17.8 Å². The van der Waals surface area contributed by atoms with E-state index in [9.17, 15) is 0 Å². The summed E-state index contributed by atoms with van der Waals surface area (Å²) >= 11 is 6.29. The summed E-state index contributed by atoms with van der Waals surface area (Å²) in [6.45, 7) is 12.9. The van der Waals surface area contributed by atoms with Gasteiger partial charge in [-0.05, 0) is 61.5 Å². The fourth-order valence-corrected chi connectivity index (χ4v) is 4.99. The molecule has 0 aliphatic heterocycles. The smallest absolute Gasteiger partial charge is 0.223 e. The number of halogens is 1. The van der Waals surface area contributed by atoms with Gasteiger partial charge in [0, 0.05) is 31.1 Å². The van der Waals surface area contributed by atoms with E-state index in [1.54, 1.807) is 0 Å². The van der Waals surface area contributed by atoms with Crippen molar-refractivity contribution in [2.45, 2.75) is 85.0 Å². The van der Waals surface area contributed by atoms with Crippen molar-refractivity contribution in [1.29, 1.82) is 0 Å². The summed E-state index contributed by atoms with van der Waals surface area (Å²) in [6, 6.07) is 2.11. The summed E-state index contributed by atoms with van der Waals surface area (Å²) in [5.41, 5.74) is 2.61. The first-order valence-corrected chi connectivity index (χ1v) is 11.9. The average Bonchev–Trinajstić information content (AvgIpc) is 3.13. The SMILES string of the molecule is CCCOCCC(C)C(C)c1nc(Cl)nc2cc(C3CCC(CC)C(C)C3)oc12. The van der Waals surface area contributed by atoms with Crippen LogP contribution < -0.4 is 0 Å². The van der Waals surface area contributed by atoms with Gasteiger partial charge in [0.25, 0.3) is 0 Å². The number of ether oxygens (including phenoxy) is 1. The van der Waals surface area contributed by atoms with Crippen molar-refractivity contribution in [3.05, 3.63) is 22.8 Å². The lowest BCUT2D eigenvalue weighted by Crippen LogP contribution is -2.21. The first kappa shape index (κ1) is 22.6. The maximum atomic E-state index is 6.41. The van der Waals surface area contributed by atoms with Gasteiger partial charge in [-0.25, -0.2) is 9.97 Å². The summed E-state index contributed by atoms with van der Waals surface area (Å²) in [5, 5.41) is 0.309. The molecule has 162 valence electrons.